The van der Waals surface area contributed by atoms with Gasteiger partial charge in [0.25, 0.3) is 5.01 Å². The smallest absolute Gasteiger partial charge is 0.355 e. The molecule has 3 aromatic heterocycles. The predicted octanol–water partition coefficient (Wildman–Crippen LogP) is 10.4. The lowest BCUT2D eigenvalue weighted by atomic mass is 10.0. The third-order valence-corrected chi connectivity index (χ3v) is 17.7. The Hall–Kier alpha value is -7.73. The summed E-state index contributed by atoms with van der Waals surface area (Å²) in [6.07, 6.45) is 3.84. The molecule has 0 saturated carbocycles. The summed E-state index contributed by atoms with van der Waals surface area (Å²) < 4.78 is 42.3. The van der Waals surface area contributed by atoms with Crippen LogP contribution in [0.25, 0.3) is 60.1 Å². The first kappa shape index (κ1) is 51.7. The number of thiazole rings is 1. The van der Waals surface area contributed by atoms with E-state index < -0.39 is 36.8 Å². The first-order valence-corrected chi connectivity index (χ1v) is 28.6. The number of nitrogens with zero attached hydrogens (tertiary/aromatic N) is 4. The SMILES string of the molecule is CCN(CC)c1ccc2cc(S(=O)(=O)c3cc4ccc(N(CC)CC(=O)NCC(=O)NCCCCN5/C(=C\c6sc7ccc8ccccc8c7[n+]6CC)Sc6ccc(-c7ccccc7)cc65)cc4oc3=O)c(=O)oc2c1. The van der Waals surface area contributed by atoms with E-state index in [1.165, 1.54) is 43.0 Å². The second kappa shape index (κ2) is 22.2. The van der Waals surface area contributed by atoms with Crippen molar-refractivity contribution in [2.45, 2.75) is 61.8 Å². The Kier molecular flexibility index (Phi) is 15.1. The fraction of sp³-hybridized carbons (Fsp3) is 0.237. The minimum Gasteiger partial charge on any atom is -0.422 e. The summed E-state index contributed by atoms with van der Waals surface area (Å²) in [5, 5.41) is 11.2. The van der Waals surface area contributed by atoms with Gasteiger partial charge < -0.3 is 34.2 Å². The van der Waals surface area contributed by atoms with Crippen molar-refractivity contribution in [1.82, 2.24) is 10.6 Å². The van der Waals surface area contributed by atoms with Crippen molar-refractivity contribution in [2.75, 3.05) is 60.5 Å². The van der Waals surface area contributed by atoms with Gasteiger partial charge in [-0.1, -0.05) is 83.8 Å². The fourth-order valence-corrected chi connectivity index (χ4v) is 13.4. The maximum atomic E-state index is 13.8. The highest BCUT2D eigenvalue weighted by molar-refractivity contribution is 8.04. The number of benzene rings is 6. The molecule has 6 aromatic carbocycles. The van der Waals surface area contributed by atoms with Crippen LogP contribution in [0, 0.1) is 0 Å². The van der Waals surface area contributed by atoms with Gasteiger partial charge in [0, 0.05) is 71.9 Å². The first-order chi connectivity index (χ1) is 36.9. The van der Waals surface area contributed by atoms with Crippen molar-refractivity contribution in [1.29, 1.82) is 0 Å². The van der Waals surface area contributed by atoms with E-state index in [2.05, 4.69) is 117 Å². The summed E-state index contributed by atoms with van der Waals surface area (Å²) in [6, 6.07) is 42.4. The molecule has 0 aliphatic carbocycles. The Morgan fingerprint density at radius 1 is 0.671 bits per heavy atom. The van der Waals surface area contributed by atoms with Crippen molar-refractivity contribution < 1.29 is 31.4 Å². The minimum absolute atomic E-state index is 0.0840. The molecule has 0 fully saturated rings. The van der Waals surface area contributed by atoms with Crippen LogP contribution in [-0.2, 0) is 26.0 Å². The van der Waals surface area contributed by atoms with Crippen LogP contribution in [0.15, 0.2) is 172 Å². The summed E-state index contributed by atoms with van der Waals surface area (Å²) in [5.74, 6) is -0.703. The number of anilines is 3. The second-order valence-electron chi connectivity index (χ2n) is 18.4. The summed E-state index contributed by atoms with van der Waals surface area (Å²) in [6.45, 7) is 11.6. The molecule has 14 nitrogen and oxygen atoms in total. The number of unbranched alkanes of at least 4 members (excludes halogenated alkanes) is 1. The number of carbonyl (C=O) groups is 2. The maximum Gasteiger partial charge on any atom is 0.355 e. The van der Waals surface area contributed by atoms with Crippen molar-refractivity contribution in [3.05, 3.63) is 164 Å². The zero-order chi connectivity index (χ0) is 53.1. The number of fused-ring (bicyclic) bond motifs is 6. The van der Waals surface area contributed by atoms with Gasteiger partial charge in [0.1, 0.15) is 22.4 Å². The van der Waals surface area contributed by atoms with E-state index in [4.69, 9.17) is 8.83 Å². The number of sulfone groups is 1. The van der Waals surface area contributed by atoms with E-state index in [-0.39, 0.29) is 35.5 Å². The Morgan fingerprint density at radius 3 is 1.99 bits per heavy atom. The first-order valence-electron chi connectivity index (χ1n) is 25.5. The fourth-order valence-electron chi connectivity index (χ4n) is 9.77. The number of rotatable bonds is 19. The number of hydrogen-bond acceptors (Lipinski definition) is 13. The van der Waals surface area contributed by atoms with Crippen molar-refractivity contribution >= 4 is 111 Å². The molecule has 76 heavy (non-hydrogen) atoms. The Bertz CT molecular complexity index is 3960. The van der Waals surface area contributed by atoms with Crippen LogP contribution in [0.4, 0.5) is 17.1 Å². The van der Waals surface area contributed by atoms with Gasteiger partial charge in [-0.15, -0.1) is 0 Å². The lowest BCUT2D eigenvalue weighted by molar-refractivity contribution is -0.664. The summed E-state index contributed by atoms with van der Waals surface area (Å²) >= 11 is 3.58. The molecular weight excluding hydrogens is 1020 g/mol. The van der Waals surface area contributed by atoms with Gasteiger partial charge in [0.2, 0.25) is 27.2 Å². The Labute approximate surface area is 448 Å². The van der Waals surface area contributed by atoms with E-state index in [0.29, 0.717) is 24.2 Å². The van der Waals surface area contributed by atoms with E-state index in [1.807, 2.05) is 32.9 Å². The maximum absolute atomic E-state index is 13.8. The van der Waals surface area contributed by atoms with Crippen LogP contribution in [-0.4, -0.2) is 66.0 Å². The highest BCUT2D eigenvalue weighted by atomic mass is 32.2. The van der Waals surface area contributed by atoms with E-state index in [0.717, 1.165) is 66.6 Å². The average molecular weight is 1070 g/mol. The number of thioether (sulfide) groups is 1. The third-order valence-electron chi connectivity index (χ3n) is 13.8. The number of aryl methyl sites for hydroxylation is 1. The largest absolute Gasteiger partial charge is 0.422 e. The van der Waals surface area contributed by atoms with Crippen molar-refractivity contribution in [3.63, 3.8) is 0 Å². The van der Waals surface area contributed by atoms with Crippen LogP contribution in [0.2, 0.25) is 0 Å². The van der Waals surface area contributed by atoms with Gasteiger partial charge in [-0.25, -0.2) is 18.0 Å². The molecule has 1 aliphatic rings. The van der Waals surface area contributed by atoms with Crippen LogP contribution in [0.5, 0.6) is 0 Å². The number of nitrogens with one attached hydrogen (secondary N) is 2. The molecule has 17 heteroatoms. The van der Waals surface area contributed by atoms with Crippen LogP contribution < -0.4 is 41.2 Å². The molecule has 2 N–H and O–H groups in total. The summed E-state index contributed by atoms with van der Waals surface area (Å²) in [4.78, 5) is 58.7. The van der Waals surface area contributed by atoms with Gasteiger partial charge in [-0.2, -0.15) is 4.57 Å². The molecule has 0 spiro atoms. The zero-order valence-electron chi connectivity index (χ0n) is 42.6. The number of aromatic nitrogens is 1. The molecule has 10 rings (SSSR count). The van der Waals surface area contributed by atoms with Gasteiger partial charge in [-0.3, -0.25) is 9.59 Å². The van der Waals surface area contributed by atoms with Gasteiger partial charge in [-0.05, 0) is 118 Å². The Morgan fingerprint density at radius 2 is 1.32 bits per heavy atom. The monoisotopic (exact) mass is 1070 g/mol. The average Bonchev–Trinajstić information content (AvgIpc) is 3.97. The van der Waals surface area contributed by atoms with E-state index in [1.54, 1.807) is 58.3 Å². The van der Waals surface area contributed by atoms with Gasteiger partial charge in [0.15, 0.2) is 9.79 Å². The van der Waals surface area contributed by atoms with Crippen molar-refractivity contribution in [3.8, 4) is 11.1 Å². The van der Waals surface area contributed by atoms with Gasteiger partial charge >= 0.3 is 11.3 Å². The molecule has 0 saturated heterocycles. The van der Waals surface area contributed by atoms with Crippen molar-refractivity contribution in [2.24, 2.45) is 0 Å². The number of likely N-dealkylation sites (N-methyl/N-ethyl adjacent to an activating group) is 1. The van der Waals surface area contributed by atoms with E-state index >= 15 is 0 Å². The lowest BCUT2D eigenvalue weighted by Crippen LogP contribution is -2.42. The predicted molar refractivity (Wildman–Crippen MR) is 305 cm³/mol. The lowest BCUT2D eigenvalue weighted by Gasteiger charge is -2.22. The molecule has 388 valence electrons. The number of hydrogen-bond donors (Lipinski definition) is 2. The molecule has 9 aromatic rings. The van der Waals surface area contributed by atoms with Crippen LogP contribution in [0.1, 0.15) is 45.5 Å². The molecular formula is C59H57N6O8S3+. The summed E-state index contributed by atoms with van der Waals surface area (Å²) in [7, 11) is -4.66. The quantitative estimate of drug-likeness (QED) is 0.0448. The second-order valence-corrected chi connectivity index (χ2v) is 22.4. The molecule has 0 bridgehead atoms. The van der Waals surface area contributed by atoms with Crippen LogP contribution >= 0.6 is 23.1 Å². The molecule has 4 heterocycles. The molecule has 1 aliphatic heterocycles. The summed E-state index contributed by atoms with van der Waals surface area (Å²) in [5.41, 5.74) is 4.11. The van der Waals surface area contributed by atoms with Crippen LogP contribution in [0.3, 0.4) is 0 Å². The highest BCUT2D eigenvalue weighted by Crippen LogP contribution is 2.48. The van der Waals surface area contributed by atoms with Gasteiger partial charge in [0.05, 0.1) is 35.3 Å². The zero-order valence-corrected chi connectivity index (χ0v) is 45.1. The standard InChI is InChI=1S/C59H56N6O8S3/c1-5-62(6-2)43-24-20-41-31-51(58(68)72-47(41)33-43)76(70,71)52-32-42-21-25-44(34-48(42)73-59(52)69)63(7-3)37-54(67)61-36-53(66)60-28-14-15-29-65-46-30-40(38-16-10-9-11-17-38)23-26-49(46)74-56(65)35-55-64(8-4)57-45-19-13-12-18-39(45)22-27-50(57)75-55/h9-13,16-27,30-35H,5-8,14-15,28-29,36-37H2,1-4H3,(H-,60,61,66,67)/p+1. The van der Waals surface area contributed by atoms with E-state index in [9.17, 15) is 27.6 Å². The Balaban J connectivity index is 0.759. The minimum atomic E-state index is -4.66. The number of amides is 2. The molecule has 0 atom stereocenters. The normalized spacial score (nSPS) is 13.0. The number of carbonyl (C=O) groups excluding carboxylic acids is 2. The third kappa shape index (κ3) is 10.5. The molecule has 2 amide bonds. The molecule has 0 radical (unpaired) electrons. The molecule has 0 unspecified atom stereocenters. The highest BCUT2D eigenvalue weighted by Gasteiger charge is 2.30. The topological polar surface area (TPSA) is 166 Å².